The fourth-order valence-corrected chi connectivity index (χ4v) is 7.95. The summed E-state index contributed by atoms with van der Waals surface area (Å²) < 4.78 is 34.6. The Hall–Kier alpha value is -8.18. The molecule has 1 heterocycles. The normalized spacial score (nSPS) is 14.3. The van der Waals surface area contributed by atoms with Crippen molar-refractivity contribution in [1.29, 1.82) is 0 Å². The second-order valence-electron chi connectivity index (χ2n) is 19.3. The van der Waals surface area contributed by atoms with Crippen molar-refractivity contribution in [2.24, 2.45) is 11.8 Å². The van der Waals surface area contributed by atoms with Gasteiger partial charge in [0.25, 0.3) is 23.6 Å². The topological polar surface area (TPSA) is 300 Å². The van der Waals surface area contributed by atoms with E-state index in [0.717, 1.165) is 10.8 Å². The molecule has 8 amide bonds. The quantitative estimate of drug-likeness (QED) is 0.0316. The maximum absolute atomic E-state index is 13.2. The van der Waals surface area contributed by atoms with Gasteiger partial charge in [0.05, 0.1) is 50.9 Å². The summed E-state index contributed by atoms with van der Waals surface area (Å²) in [5, 5.41) is 15.8. The molecule has 5 rings (SSSR count). The van der Waals surface area contributed by atoms with Crippen molar-refractivity contribution in [3.05, 3.63) is 77.9 Å². The number of methoxy groups -OCH3 is 2. The molecule has 9 N–H and O–H groups in total. The van der Waals surface area contributed by atoms with Crippen LogP contribution in [0.4, 0.5) is 17.1 Å². The highest BCUT2D eigenvalue weighted by atomic mass is 16.7. The van der Waals surface area contributed by atoms with E-state index in [-0.39, 0.29) is 84.9 Å². The van der Waals surface area contributed by atoms with Crippen molar-refractivity contribution in [3.63, 3.8) is 0 Å². The van der Waals surface area contributed by atoms with Gasteiger partial charge in [0.1, 0.15) is 41.2 Å². The molecule has 4 aromatic rings. The third-order valence-corrected chi connectivity index (χ3v) is 11.8. The number of benzene rings is 4. The van der Waals surface area contributed by atoms with Crippen LogP contribution in [-0.4, -0.2) is 112 Å². The number of carbonyl (C=O) groups is 8. The summed E-state index contributed by atoms with van der Waals surface area (Å²) in [5.74, 6) is -4.10. The molecular formula is C54H71N9O14. The zero-order valence-corrected chi connectivity index (χ0v) is 45.1. The van der Waals surface area contributed by atoms with Gasteiger partial charge in [0.15, 0.2) is 5.79 Å². The van der Waals surface area contributed by atoms with E-state index in [2.05, 4.69) is 48.3 Å². The summed E-state index contributed by atoms with van der Waals surface area (Å²) in [6, 6.07) is 16.3. The lowest BCUT2D eigenvalue weighted by molar-refractivity contribution is -0.136. The van der Waals surface area contributed by atoms with Gasteiger partial charge in [-0.2, -0.15) is 0 Å². The minimum absolute atomic E-state index is 0.0165. The van der Waals surface area contributed by atoms with Gasteiger partial charge in [-0.3, -0.25) is 60.1 Å². The number of hydrogen-bond donors (Lipinski definition) is 9. The van der Waals surface area contributed by atoms with Gasteiger partial charge in [-0.05, 0) is 110 Å². The van der Waals surface area contributed by atoms with Crippen molar-refractivity contribution >= 4 is 75.1 Å². The van der Waals surface area contributed by atoms with E-state index in [1.807, 2.05) is 44.2 Å². The monoisotopic (exact) mass is 1070 g/mol. The molecule has 416 valence electrons. The van der Waals surface area contributed by atoms with Crippen molar-refractivity contribution in [1.82, 2.24) is 32.3 Å². The predicted molar refractivity (Wildman–Crippen MR) is 286 cm³/mol. The highest BCUT2D eigenvalue weighted by Gasteiger charge is 2.33. The summed E-state index contributed by atoms with van der Waals surface area (Å²) in [4.78, 5) is 102. The van der Waals surface area contributed by atoms with Crippen LogP contribution < -0.4 is 67.2 Å². The zero-order chi connectivity index (χ0) is 56.4. The molecule has 0 saturated carbocycles. The Morgan fingerprint density at radius 1 is 0.610 bits per heavy atom. The van der Waals surface area contributed by atoms with E-state index in [9.17, 15) is 38.4 Å². The Morgan fingerprint density at radius 3 is 1.57 bits per heavy atom. The minimum atomic E-state index is -0.993. The highest BCUT2D eigenvalue weighted by Crippen LogP contribution is 2.34. The maximum atomic E-state index is 13.2. The predicted octanol–water partition coefficient (Wildman–Crippen LogP) is 4.86. The molecule has 3 atom stereocenters. The van der Waals surface area contributed by atoms with Crippen LogP contribution in [0.5, 0.6) is 23.0 Å². The van der Waals surface area contributed by atoms with Crippen LogP contribution in [-0.2, 0) is 38.2 Å². The minimum Gasteiger partial charge on any atom is -0.496 e. The molecule has 23 heteroatoms. The van der Waals surface area contributed by atoms with E-state index >= 15 is 0 Å². The van der Waals surface area contributed by atoms with Crippen LogP contribution in [0.1, 0.15) is 102 Å². The van der Waals surface area contributed by atoms with Crippen LogP contribution >= 0.6 is 0 Å². The van der Waals surface area contributed by atoms with Crippen molar-refractivity contribution < 1.29 is 66.8 Å². The standard InChI is InChI=1S/C54H71N9O14/c1-30(2)48(52(70)62-60-50(68)40-26-36(56-32(5)64)16-19-43(40)72-9)58-46(66)13-11-21-74-38-18-15-34-24-42(55-28-39-29-76-54(7,8)77-39)45(25-35(34)23-38)75-22-12-14-47(67)59-49(31(3)4)53(71)63-61-51(69)41-27-37(57-33(6)65)17-20-44(41)73-10/h15-20,23-27,30-31,39,48-49,55H,11-14,21-22,28-29H2,1-10H3,(H,56,64)(H,57,65)(H,58,66)(H,59,67)(H,60,68)(H,61,69)(H,62,70)(H,63,71)/t39?,48-,49-/m0/s1. The second-order valence-corrected chi connectivity index (χ2v) is 19.3. The lowest BCUT2D eigenvalue weighted by Crippen LogP contribution is -2.54. The van der Waals surface area contributed by atoms with Crippen molar-refractivity contribution in [3.8, 4) is 23.0 Å². The van der Waals surface area contributed by atoms with E-state index in [1.54, 1.807) is 39.8 Å². The molecule has 77 heavy (non-hydrogen) atoms. The highest BCUT2D eigenvalue weighted by molar-refractivity contribution is 6.02. The number of hydrazine groups is 2. The van der Waals surface area contributed by atoms with Crippen LogP contribution in [0.15, 0.2) is 66.7 Å². The van der Waals surface area contributed by atoms with Crippen LogP contribution in [0.2, 0.25) is 0 Å². The number of carbonyl (C=O) groups excluding carboxylic acids is 8. The van der Waals surface area contributed by atoms with E-state index in [4.69, 9.17) is 28.4 Å². The number of ether oxygens (including phenoxy) is 6. The molecule has 0 spiro atoms. The first-order valence-electron chi connectivity index (χ1n) is 25.2. The van der Waals surface area contributed by atoms with Gasteiger partial charge in [0, 0.05) is 44.6 Å². The summed E-state index contributed by atoms with van der Waals surface area (Å²) in [6.07, 6.45) is 0.436. The average molecular weight is 1070 g/mol. The third-order valence-electron chi connectivity index (χ3n) is 11.8. The van der Waals surface area contributed by atoms with Gasteiger partial charge >= 0.3 is 0 Å². The zero-order valence-electron chi connectivity index (χ0n) is 45.1. The first kappa shape index (κ1) is 59.7. The SMILES string of the molecule is COc1ccc(NC(C)=O)cc1C(=O)NNC(=O)[C@@H](NC(=O)CCCOc1ccc2cc(NCC3COC(C)(C)O3)c(OCCCC(=O)N[C@H](C(=O)NNC(=O)c3cc(NC(C)=O)ccc3OC)C(C)C)cc2c1)C(C)C. The molecule has 1 aliphatic rings. The lowest BCUT2D eigenvalue weighted by atomic mass is 10.0. The molecule has 1 aliphatic heterocycles. The molecule has 4 aromatic carbocycles. The molecule has 23 nitrogen and oxygen atoms in total. The Balaban J connectivity index is 1.14. The number of nitrogens with one attached hydrogen (secondary N) is 9. The molecule has 0 radical (unpaired) electrons. The van der Waals surface area contributed by atoms with E-state index < -0.39 is 53.3 Å². The van der Waals surface area contributed by atoms with Crippen molar-refractivity contribution in [2.75, 3.05) is 56.5 Å². The van der Waals surface area contributed by atoms with Gasteiger partial charge < -0.3 is 55.0 Å². The lowest BCUT2D eigenvalue weighted by Gasteiger charge is -2.22. The average Bonchev–Trinajstić information content (AvgIpc) is 3.74. The molecule has 0 aromatic heterocycles. The Morgan fingerprint density at radius 2 is 1.12 bits per heavy atom. The summed E-state index contributed by atoms with van der Waals surface area (Å²) >= 11 is 0. The van der Waals surface area contributed by atoms with Crippen LogP contribution in [0.25, 0.3) is 10.8 Å². The fraction of sp³-hybridized carbons (Fsp3) is 0.444. The summed E-state index contributed by atoms with van der Waals surface area (Å²) in [6.45, 7) is 14.5. The summed E-state index contributed by atoms with van der Waals surface area (Å²) in [5.41, 5.74) is 11.0. The molecule has 1 fully saturated rings. The second kappa shape index (κ2) is 28.1. The molecule has 1 unspecified atom stereocenters. The van der Waals surface area contributed by atoms with E-state index in [1.165, 1.54) is 52.3 Å². The van der Waals surface area contributed by atoms with Gasteiger partial charge in [-0.25, -0.2) is 0 Å². The number of rotatable bonds is 25. The maximum Gasteiger partial charge on any atom is 0.273 e. The molecular weight excluding hydrogens is 999 g/mol. The molecule has 0 aliphatic carbocycles. The first-order chi connectivity index (χ1) is 36.6. The number of anilines is 3. The Labute approximate surface area is 447 Å². The third kappa shape index (κ3) is 18.3. The van der Waals surface area contributed by atoms with Crippen LogP contribution in [0, 0.1) is 11.8 Å². The van der Waals surface area contributed by atoms with Gasteiger partial charge in [-0.15, -0.1) is 0 Å². The van der Waals surface area contributed by atoms with Gasteiger partial charge in [0.2, 0.25) is 23.6 Å². The van der Waals surface area contributed by atoms with Crippen molar-refractivity contribution in [2.45, 2.75) is 105 Å². The largest absolute Gasteiger partial charge is 0.496 e. The smallest absolute Gasteiger partial charge is 0.273 e. The Kier molecular flexibility index (Phi) is 21.8. The first-order valence-corrected chi connectivity index (χ1v) is 25.2. The number of hydrogen-bond acceptors (Lipinski definition) is 15. The van der Waals surface area contributed by atoms with Crippen LogP contribution in [0.3, 0.4) is 0 Å². The fourth-order valence-electron chi connectivity index (χ4n) is 7.95. The summed E-state index contributed by atoms with van der Waals surface area (Å²) in [7, 11) is 2.76. The number of amides is 8. The Bertz CT molecular complexity index is 2780. The number of fused-ring (bicyclic) bond motifs is 1. The molecule has 0 bridgehead atoms. The molecule has 1 saturated heterocycles. The van der Waals surface area contributed by atoms with Gasteiger partial charge in [-0.1, -0.05) is 33.8 Å². The van der Waals surface area contributed by atoms with E-state index in [0.29, 0.717) is 48.1 Å².